The predicted octanol–water partition coefficient (Wildman–Crippen LogP) is 2.40. The van der Waals surface area contributed by atoms with Crippen LogP contribution in [0.1, 0.15) is 18.1 Å². The molecule has 0 saturated heterocycles. The molecule has 0 aliphatic rings. The van der Waals surface area contributed by atoms with Gasteiger partial charge in [0.1, 0.15) is 0 Å². The van der Waals surface area contributed by atoms with Gasteiger partial charge in [-0.05, 0) is 25.1 Å². The van der Waals surface area contributed by atoms with Gasteiger partial charge in [-0.1, -0.05) is 0 Å². The Morgan fingerprint density at radius 3 is 2.50 bits per heavy atom. The van der Waals surface area contributed by atoms with Crippen LogP contribution >= 0.6 is 0 Å². The first-order valence-electron chi connectivity index (χ1n) is 5.41. The lowest BCUT2D eigenvalue weighted by molar-refractivity contribution is -0.137. The standard InChI is InChI=1S/C12H13F3N2O/c1-2-17(5-6-18)10-3-4-11(12(13,14)15)9(7-10)8-16/h3-4,7,18H,2,5-6H2,1H3. The zero-order valence-electron chi connectivity index (χ0n) is 9.83. The lowest BCUT2D eigenvalue weighted by Gasteiger charge is -2.23. The molecule has 3 nitrogen and oxygen atoms in total. The Balaban J connectivity index is 3.17. The number of hydrogen-bond acceptors (Lipinski definition) is 3. The summed E-state index contributed by atoms with van der Waals surface area (Å²) < 4.78 is 37.8. The van der Waals surface area contributed by atoms with Gasteiger partial charge in [-0.15, -0.1) is 0 Å². The summed E-state index contributed by atoms with van der Waals surface area (Å²) in [5.41, 5.74) is -0.846. The molecule has 0 radical (unpaired) electrons. The number of benzene rings is 1. The van der Waals surface area contributed by atoms with E-state index in [4.69, 9.17) is 10.4 Å². The van der Waals surface area contributed by atoms with Crippen molar-refractivity contribution in [2.45, 2.75) is 13.1 Å². The molecular weight excluding hydrogens is 245 g/mol. The highest BCUT2D eigenvalue weighted by molar-refractivity contribution is 5.55. The van der Waals surface area contributed by atoms with Crippen LogP contribution < -0.4 is 4.90 Å². The van der Waals surface area contributed by atoms with E-state index in [1.54, 1.807) is 11.0 Å². The van der Waals surface area contributed by atoms with Gasteiger partial charge in [-0.25, -0.2) is 0 Å². The molecule has 0 amide bonds. The van der Waals surface area contributed by atoms with Crippen molar-refractivity contribution in [1.29, 1.82) is 5.26 Å². The van der Waals surface area contributed by atoms with Crippen LogP contribution in [-0.2, 0) is 6.18 Å². The zero-order chi connectivity index (χ0) is 13.8. The first kappa shape index (κ1) is 14.3. The van der Waals surface area contributed by atoms with Crippen LogP contribution in [0.5, 0.6) is 0 Å². The Labute approximate surface area is 103 Å². The van der Waals surface area contributed by atoms with Crippen LogP contribution in [0.2, 0.25) is 0 Å². The van der Waals surface area contributed by atoms with E-state index < -0.39 is 17.3 Å². The van der Waals surface area contributed by atoms with E-state index in [-0.39, 0.29) is 6.61 Å². The van der Waals surface area contributed by atoms with Gasteiger partial charge in [-0.2, -0.15) is 18.4 Å². The number of likely N-dealkylation sites (N-methyl/N-ethyl adjacent to an activating group) is 1. The number of alkyl halides is 3. The summed E-state index contributed by atoms with van der Waals surface area (Å²) in [7, 11) is 0. The molecule has 0 bridgehead atoms. The van der Waals surface area contributed by atoms with Crippen molar-refractivity contribution in [3.05, 3.63) is 29.3 Å². The maximum atomic E-state index is 12.6. The molecule has 0 aliphatic carbocycles. The molecule has 6 heteroatoms. The van der Waals surface area contributed by atoms with E-state index in [1.165, 1.54) is 12.1 Å². The molecule has 1 N–H and O–H groups in total. The molecule has 0 saturated carbocycles. The maximum absolute atomic E-state index is 12.6. The third-order valence-corrected chi connectivity index (χ3v) is 2.55. The highest BCUT2D eigenvalue weighted by Gasteiger charge is 2.33. The van der Waals surface area contributed by atoms with Crippen molar-refractivity contribution >= 4 is 5.69 Å². The first-order chi connectivity index (χ1) is 8.43. The lowest BCUT2D eigenvalue weighted by atomic mass is 10.1. The number of halogens is 3. The Morgan fingerprint density at radius 2 is 2.06 bits per heavy atom. The first-order valence-corrected chi connectivity index (χ1v) is 5.41. The van der Waals surface area contributed by atoms with Gasteiger partial charge in [0.25, 0.3) is 0 Å². The SMILES string of the molecule is CCN(CCO)c1ccc(C(F)(F)F)c(C#N)c1. The van der Waals surface area contributed by atoms with Crippen molar-refractivity contribution in [1.82, 2.24) is 0 Å². The normalized spacial score (nSPS) is 11.1. The van der Waals surface area contributed by atoms with E-state index in [2.05, 4.69) is 0 Å². The van der Waals surface area contributed by atoms with Crippen LogP contribution in [0, 0.1) is 11.3 Å². The Morgan fingerprint density at radius 1 is 1.39 bits per heavy atom. The minimum atomic E-state index is -4.53. The van der Waals surface area contributed by atoms with Gasteiger partial charge < -0.3 is 10.0 Å². The van der Waals surface area contributed by atoms with E-state index in [0.717, 1.165) is 6.07 Å². The van der Waals surface area contributed by atoms with E-state index in [9.17, 15) is 13.2 Å². The predicted molar refractivity (Wildman–Crippen MR) is 61.1 cm³/mol. The summed E-state index contributed by atoms with van der Waals surface area (Å²) in [5.74, 6) is 0. The maximum Gasteiger partial charge on any atom is 0.417 e. The topological polar surface area (TPSA) is 47.3 Å². The number of aliphatic hydroxyl groups excluding tert-OH is 1. The third kappa shape index (κ3) is 3.14. The van der Waals surface area contributed by atoms with E-state index >= 15 is 0 Å². The van der Waals surface area contributed by atoms with Crippen LogP contribution in [0.15, 0.2) is 18.2 Å². The van der Waals surface area contributed by atoms with Crippen LogP contribution in [0.3, 0.4) is 0 Å². The second-order valence-corrected chi connectivity index (χ2v) is 3.64. The number of nitrogens with zero attached hydrogens (tertiary/aromatic N) is 2. The molecule has 0 fully saturated rings. The Kier molecular flexibility index (Phi) is 4.56. The highest BCUT2D eigenvalue weighted by atomic mass is 19.4. The molecule has 0 spiro atoms. The molecule has 1 aromatic carbocycles. The summed E-state index contributed by atoms with van der Waals surface area (Å²) in [6.07, 6.45) is -4.53. The highest BCUT2D eigenvalue weighted by Crippen LogP contribution is 2.33. The van der Waals surface area contributed by atoms with Crippen molar-refractivity contribution in [3.8, 4) is 6.07 Å². The molecule has 0 heterocycles. The fourth-order valence-corrected chi connectivity index (χ4v) is 1.66. The second-order valence-electron chi connectivity index (χ2n) is 3.64. The number of rotatable bonds is 4. The number of nitriles is 1. The van der Waals surface area contributed by atoms with Crippen molar-refractivity contribution in [3.63, 3.8) is 0 Å². The summed E-state index contributed by atoms with van der Waals surface area (Å²) in [6.45, 7) is 2.57. The van der Waals surface area contributed by atoms with Gasteiger partial charge >= 0.3 is 6.18 Å². The molecule has 0 atom stereocenters. The Bertz CT molecular complexity index is 452. The largest absolute Gasteiger partial charge is 0.417 e. The minimum absolute atomic E-state index is 0.100. The summed E-state index contributed by atoms with van der Waals surface area (Å²) in [4.78, 5) is 1.70. The zero-order valence-corrected chi connectivity index (χ0v) is 9.83. The molecule has 0 unspecified atom stereocenters. The van der Waals surface area contributed by atoms with E-state index in [0.29, 0.717) is 18.8 Å². The molecule has 1 aromatic rings. The quantitative estimate of drug-likeness (QED) is 0.902. The summed E-state index contributed by atoms with van der Waals surface area (Å²) in [6, 6.07) is 4.96. The van der Waals surface area contributed by atoms with Crippen molar-refractivity contribution < 1.29 is 18.3 Å². The van der Waals surface area contributed by atoms with E-state index in [1.807, 2.05) is 6.92 Å². The summed E-state index contributed by atoms with van der Waals surface area (Å²) in [5, 5.41) is 17.6. The van der Waals surface area contributed by atoms with Gasteiger partial charge in [0, 0.05) is 18.8 Å². The van der Waals surface area contributed by atoms with Crippen molar-refractivity contribution in [2.75, 3.05) is 24.6 Å². The van der Waals surface area contributed by atoms with Gasteiger partial charge in [-0.3, -0.25) is 0 Å². The molecule has 0 aliphatic heterocycles. The van der Waals surface area contributed by atoms with Crippen LogP contribution in [0.4, 0.5) is 18.9 Å². The molecule has 98 valence electrons. The van der Waals surface area contributed by atoms with Gasteiger partial charge in [0.2, 0.25) is 0 Å². The molecule has 0 aromatic heterocycles. The summed E-state index contributed by atoms with van der Waals surface area (Å²) >= 11 is 0. The molecule has 18 heavy (non-hydrogen) atoms. The average molecular weight is 258 g/mol. The molecule has 1 rings (SSSR count). The molecular formula is C12H13F3N2O. The van der Waals surface area contributed by atoms with Crippen LogP contribution in [-0.4, -0.2) is 24.8 Å². The number of aliphatic hydroxyl groups is 1. The third-order valence-electron chi connectivity index (χ3n) is 2.55. The number of hydrogen-bond donors (Lipinski definition) is 1. The smallest absolute Gasteiger partial charge is 0.395 e. The number of anilines is 1. The second kappa shape index (κ2) is 5.74. The lowest BCUT2D eigenvalue weighted by Crippen LogP contribution is -2.26. The van der Waals surface area contributed by atoms with Crippen molar-refractivity contribution in [2.24, 2.45) is 0 Å². The van der Waals surface area contributed by atoms with Gasteiger partial charge in [0.05, 0.1) is 23.8 Å². The average Bonchev–Trinajstić information content (AvgIpc) is 2.34. The fraction of sp³-hybridized carbons (Fsp3) is 0.417. The Hall–Kier alpha value is -1.74. The van der Waals surface area contributed by atoms with Gasteiger partial charge in [0.15, 0.2) is 0 Å². The van der Waals surface area contributed by atoms with Crippen LogP contribution in [0.25, 0.3) is 0 Å². The monoisotopic (exact) mass is 258 g/mol. The fourth-order valence-electron chi connectivity index (χ4n) is 1.66. The minimum Gasteiger partial charge on any atom is -0.395 e.